The number of primary sulfonamides is 1. The van der Waals surface area contributed by atoms with Gasteiger partial charge in [-0.3, -0.25) is 0 Å². The number of sulfonamides is 1. The third-order valence-corrected chi connectivity index (χ3v) is 6.44. The summed E-state index contributed by atoms with van der Waals surface area (Å²) in [5.74, 6) is 0. The molecule has 3 rings (SSSR count). The Morgan fingerprint density at radius 3 is 2.26 bits per heavy atom. The monoisotopic (exact) mass is 485 g/mol. The second-order valence-corrected chi connectivity index (χ2v) is 9.33. The Morgan fingerprint density at radius 1 is 1.03 bits per heavy atom. The molecule has 0 bridgehead atoms. The van der Waals surface area contributed by atoms with E-state index in [1.54, 1.807) is 48.5 Å². The van der Waals surface area contributed by atoms with E-state index in [1.807, 2.05) is 0 Å². The number of allylic oxidation sites excluding steroid dienone is 2. The van der Waals surface area contributed by atoms with Crippen molar-refractivity contribution in [2.45, 2.75) is 11.1 Å². The smallest absolute Gasteiger partial charge is 0.395 e. The topological polar surface area (TPSA) is 98.5 Å². The van der Waals surface area contributed by atoms with Crippen molar-refractivity contribution in [2.75, 3.05) is 0 Å². The molecule has 2 aromatic carbocycles. The SMILES string of the molecule is NC(=CC(=Nc1ccccc1Cl)c1ccc(-c2ccc(S(N)(=O)=O)cc2)s1)C(F)(F)F. The number of para-hydroxylation sites is 1. The number of nitrogens with two attached hydrogens (primary N) is 2. The van der Waals surface area contributed by atoms with Crippen LogP contribution in [-0.4, -0.2) is 20.3 Å². The van der Waals surface area contributed by atoms with E-state index in [0.717, 1.165) is 17.4 Å². The van der Waals surface area contributed by atoms with E-state index in [2.05, 4.69) is 4.99 Å². The third-order valence-electron chi connectivity index (χ3n) is 4.04. The maximum absolute atomic E-state index is 13.0. The highest BCUT2D eigenvalue weighted by Crippen LogP contribution is 2.32. The predicted molar refractivity (Wildman–Crippen MR) is 117 cm³/mol. The molecule has 11 heteroatoms. The molecule has 4 N–H and O–H groups in total. The highest BCUT2D eigenvalue weighted by Gasteiger charge is 2.32. The molecule has 162 valence electrons. The van der Waals surface area contributed by atoms with Gasteiger partial charge in [0.05, 0.1) is 26.2 Å². The molecular weight excluding hydrogens is 471 g/mol. The first-order valence-corrected chi connectivity index (χ1v) is 11.3. The van der Waals surface area contributed by atoms with Crippen LogP contribution < -0.4 is 10.9 Å². The molecule has 0 spiro atoms. The first-order chi connectivity index (χ1) is 14.4. The number of thiophene rings is 1. The lowest BCUT2D eigenvalue weighted by molar-refractivity contribution is -0.0925. The molecule has 1 heterocycles. The van der Waals surface area contributed by atoms with E-state index in [0.29, 0.717) is 15.3 Å². The van der Waals surface area contributed by atoms with Gasteiger partial charge >= 0.3 is 6.18 Å². The lowest BCUT2D eigenvalue weighted by atomic mass is 10.2. The van der Waals surface area contributed by atoms with Crippen LogP contribution in [0, 0.1) is 0 Å². The van der Waals surface area contributed by atoms with Gasteiger partial charge in [-0.2, -0.15) is 13.2 Å². The molecule has 5 nitrogen and oxygen atoms in total. The summed E-state index contributed by atoms with van der Waals surface area (Å²) in [6, 6.07) is 15.6. The molecule has 1 aromatic heterocycles. The minimum Gasteiger partial charge on any atom is -0.395 e. The summed E-state index contributed by atoms with van der Waals surface area (Å²) in [5.41, 5.74) is 4.85. The zero-order chi connectivity index (χ0) is 22.8. The number of halogens is 4. The Bertz CT molecular complexity index is 1270. The zero-order valence-electron chi connectivity index (χ0n) is 15.6. The van der Waals surface area contributed by atoms with Gasteiger partial charge < -0.3 is 5.73 Å². The second-order valence-electron chi connectivity index (χ2n) is 6.28. The maximum Gasteiger partial charge on any atom is 0.430 e. The molecule has 0 saturated heterocycles. The standard InChI is InChI=1S/C20H15ClF3N3O2S2/c21-14-3-1-2-4-15(14)27-16(11-19(25)20(22,23)24)18-10-9-17(30-18)12-5-7-13(8-6-12)31(26,28)29/h1-11H,25H2,(H2,26,28,29). The van der Waals surface area contributed by atoms with Gasteiger partial charge in [0.25, 0.3) is 0 Å². The zero-order valence-corrected chi connectivity index (χ0v) is 18.0. The number of aliphatic imine (C=N–C) groups is 1. The fraction of sp³-hybridized carbons (Fsp3) is 0.0500. The quantitative estimate of drug-likeness (QED) is 0.483. The van der Waals surface area contributed by atoms with Crippen LogP contribution in [-0.2, 0) is 10.0 Å². The summed E-state index contributed by atoms with van der Waals surface area (Å²) in [6.07, 6.45) is -3.96. The summed E-state index contributed by atoms with van der Waals surface area (Å²) < 4.78 is 61.9. The van der Waals surface area contributed by atoms with Crippen molar-refractivity contribution < 1.29 is 21.6 Å². The molecule has 0 fully saturated rings. The van der Waals surface area contributed by atoms with Crippen LogP contribution in [0.5, 0.6) is 0 Å². The number of hydrogen-bond donors (Lipinski definition) is 2. The van der Waals surface area contributed by atoms with Crippen LogP contribution in [0.4, 0.5) is 18.9 Å². The number of nitrogens with zero attached hydrogens (tertiary/aromatic N) is 1. The van der Waals surface area contributed by atoms with Crippen LogP contribution in [0.15, 0.2) is 82.3 Å². The van der Waals surface area contributed by atoms with Crippen molar-refractivity contribution in [1.29, 1.82) is 0 Å². The van der Waals surface area contributed by atoms with Gasteiger partial charge in [-0.1, -0.05) is 35.9 Å². The minimum absolute atomic E-state index is 0.0136. The molecule has 0 amide bonds. The summed E-state index contributed by atoms with van der Waals surface area (Å²) in [4.78, 5) is 5.33. The van der Waals surface area contributed by atoms with Gasteiger partial charge in [0.2, 0.25) is 10.0 Å². The third kappa shape index (κ3) is 5.73. The van der Waals surface area contributed by atoms with E-state index in [4.69, 9.17) is 22.5 Å². The van der Waals surface area contributed by atoms with E-state index in [9.17, 15) is 21.6 Å². The first kappa shape index (κ1) is 23.0. The van der Waals surface area contributed by atoms with E-state index >= 15 is 0 Å². The van der Waals surface area contributed by atoms with Crippen molar-refractivity contribution in [3.63, 3.8) is 0 Å². The van der Waals surface area contributed by atoms with Gasteiger partial charge in [-0.15, -0.1) is 11.3 Å². The summed E-state index contributed by atoms with van der Waals surface area (Å²) in [7, 11) is -3.83. The highest BCUT2D eigenvalue weighted by molar-refractivity contribution is 7.89. The summed E-state index contributed by atoms with van der Waals surface area (Å²) >= 11 is 7.26. The normalized spacial score (nSPS) is 13.5. The average Bonchev–Trinajstić information content (AvgIpc) is 3.18. The van der Waals surface area contributed by atoms with Crippen molar-refractivity contribution in [3.8, 4) is 10.4 Å². The van der Waals surface area contributed by atoms with Gasteiger partial charge in [-0.05, 0) is 48.0 Å². The fourth-order valence-electron chi connectivity index (χ4n) is 2.50. The van der Waals surface area contributed by atoms with Crippen LogP contribution in [0.25, 0.3) is 10.4 Å². The average molecular weight is 486 g/mol. The Labute approximate surface area is 185 Å². The lowest BCUT2D eigenvalue weighted by Crippen LogP contribution is -2.20. The molecule has 0 radical (unpaired) electrons. The second kappa shape index (κ2) is 8.83. The molecule has 31 heavy (non-hydrogen) atoms. The molecular formula is C20H15ClF3N3O2S2. The van der Waals surface area contributed by atoms with Crippen molar-refractivity contribution in [1.82, 2.24) is 0 Å². The maximum atomic E-state index is 13.0. The van der Waals surface area contributed by atoms with Gasteiger partial charge in [0, 0.05) is 4.88 Å². The Kier molecular flexibility index (Phi) is 6.56. The highest BCUT2D eigenvalue weighted by atomic mass is 35.5. The molecule has 0 saturated carbocycles. The molecule has 3 aromatic rings. The van der Waals surface area contributed by atoms with Crippen molar-refractivity contribution in [3.05, 3.63) is 82.3 Å². The number of benzene rings is 2. The van der Waals surface area contributed by atoms with E-state index < -0.39 is 21.9 Å². The van der Waals surface area contributed by atoms with Gasteiger partial charge in [0.15, 0.2) is 0 Å². The first-order valence-electron chi connectivity index (χ1n) is 8.56. The Morgan fingerprint density at radius 2 is 1.68 bits per heavy atom. The van der Waals surface area contributed by atoms with Crippen LogP contribution in [0.1, 0.15) is 4.88 Å². The van der Waals surface area contributed by atoms with Gasteiger partial charge in [0.1, 0.15) is 5.70 Å². The molecule has 0 atom stereocenters. The minimum atomic E-state index is -4.72. The largest absolute Gasteiger partial charge is 0.430 e. The Hall–Kier alpha value is -2.66. The van der Waals surface area contributed by atoms with E-state index in [1.165, 1.54) is 12.1 Å². The lowest BCUT2D eigenvalue weighted by Gasteiger charge is -2.08. The summed E-state index contributed by atoms with van der Waals surface area (Å²) in [6.45, 7) is 0. The van der Waals surface area contributed by atoms with Crippen molar-refractivity contribution >= 4 is 44.4 Å². The molecule has 0 aliphatic rings. The van der Waals surface area contributed by atoms with Crippen LogP contribution in [0.2, 0.25) is 5.02 Å². The van der Waals surface area contributed by atoms with Crippen LogP contribution in [0.3, 0.4) is 0 Å². The number of alkyl halides is 3. The predicted octanol–water partition coefficient (Wildman–Crippen LogP) is 5.24. The fourth-order valence-corrected chi connectivity index (χ4v) is 4.16. The molecule has 0 aliphatic carbocycles. The Balaban J connectivity index is 2.05. The van der Waals surface area contributed by atoms with Crippen molar-refractivity contribution in [2.24, 2.45) is 15.9 Å². The number of rotatable bonds is 5. The number of hydrogen-bond acceptors (Lipinski definition) is 5. The summed E-state index contributed by atoms with van der Waals surface area (Å²) in [5, 5.41) is 5.37. The van der Waals surface area contributed by atoms with Crippen LogP contribution >= 0.6 is 22.9 Å². The molecule has 0 unspecified atom stereocenters. The van der Waals surface area contributed by atoms with E-state index in [-0.39, 0.29) is 21.3 Å². The van der Waals surface area contributed by atoms with Gasteiger partial charge in [-0.25, -0.2) is 18.5 Å². The molecule has 0 aliphatic heterocycles.